The number of halogens is 2. The van der Waals surface area contributed by atoms with Crippen molar-refractivity contribution in [1.82, 2.24) is 0 Å². The molecule has 1 aliphatic rings. The molecule has 16 heavy (non-hydrogen) atoms. The van der Waals surface area contributed by atoms with Gasteiger partial charge in [0.15, 0.2) is 0 Å². The molecule has 2 rings (SSSR count). The van der Waals surface area contributed by atoms with Crippen molar-refractivity contribution in [1.29, 1.82) is 0 Å². The number of nitrogen functional groups attached to an aromatic ring is 1. The summed E-state index contributed by atoms with van der Waals surface area (Å²) in [4.78, 5) is 0. The summed E-state index contributed by atoms with van der Waals surface area (Å²) in [5.74, 6) is -0.317. The molecule has 0 unspecified atom stereocenters. The van der Waals surface area contributed by atoms with Crippen LogP contribution in [0.5, 0.6) is 0 Å². The van der Waals surface area contributed by atoms with Crippen molar-refractivity contribution in [2.75, 3.05) is 11.1 Å². The molecule has 0 saturated heterocycles. The molecule has 1 aliphatic carbocycles. The molecule has 0 aromatic heterocycles. The number of benzene rings is 1. The van der Waals surface area contributed by atoms with Gasteiger partial charge >= 0.3 is 0 Å². The van der Waals surface area contributed by atoms with Crippen LogP contribution in [0.3, 0.4) is 0 Å². The summed E-state index contributed by atoms with van der Waals surface area (Å²) in [5.41, 5.74) is 7.28. The van der Waals surface area contributed by atoms with Gasteiger partial charge in [-0.25, -0.2) is 4.39 Å². The van der Waals surface area contributed by atoms with Gasteiger partial charge in [0.05, 0.1) is 15.8 Å². The molecular weight excluding hydrogens is 271 g/mol. The molecule has 3 N–H and O–H groups in total. The fraction of sp³-hybridized carbons (Fsp3) is 0.500. The van der Waals surface area contributed by atoms with Crippen molar-refractivity contribution in [3.05, 3.63) is 22.4 Å². The Bertz CT molecular complexity index is 397. The number of hydrogen-bond acceptors (Lipinski definition) is 2. The highest BCUT2D eigenvalue weighted by Crippen LogP contribution is 2.40. The second-order valence-corrected chi connectivity index (χ2v) is 5.32. The van der Waals surface area contributed by atoms with Gasteiger partial charge in [-0.05, 0) is 47.7 Å². The van der Waals surface area contributed by atoms with E-state index in [4.69, 9.17) is 5.73 Å². The standard InChI is InChI=1S/C12H16BrFN2/c1-2-12(4-3-5-12)16-11-6-8(13)9(14)7-10(11)15/h6-7,16H,2-5,15H2,1H3. The van der Waals surface area contributed by atoms with Crippen molar-refractivity contribution < 1.29 is 4.39 Å². The Morgan fingerprint density at radius 3 is 2.69 bits per heavy atom. The lowest BCUT2D eigenvalue weighted by Gasteiger charge is -2.43. The molecule has 0 amide bonds. The first-order chi connectivity index (χ1) is 7.56. The summed E-state index contributed by atoms with van der Waals surface area (Å²) in [6.45, 7) is 2.17. The molecule has 88 valence electrons. The van der Waals surface area contributed by atoms with Gasteiger partial charge in [0, 0.05) is 11.6 Å². The van der Waals surface area contributed by atoms with Crippen LogP contribution in [-0.4, -0.2) is 5.54 Å². The van der Waals surface area contributed by atoms with E-state index in [9.17, 15) is 4.39 Å². The number of hydrogen-bond donors (Lipinski definition) is 2. The molecule has 2 nitrogen and oxygen atoms in total. The van der Waals surface area contributed by atoms with Crippen molar-refractivity contribution in [3.8, 4) is 0 Å². The molecule has 0 bridgehead atoms. The first-order valence-corrected chi connectivity index (χ1v) is 6.38. The maximum Gasteiger partial charge on any atom is 0.139 e. The molecule has 4 heteroatoms. The normalized spacial score (nSPS) is 17.9. The van der Waals surface area contributed by atoms with E-state index in [1.807, 2.05) is 0 Å². The molecule has 0 heterocycles. The van der Waals surface area contributed by atoms with E-state index >= 15 is 0 Å². The third-order valence-electron chi connectivity index (χ3n) is 3.48. The number of anilines is 2. The Morgan fingerprint density at radius 2 is 2.19 bits per heavy atom. The Morgan fingerprint density at radius 1 is 1.50 bits per heavy atom. The van der Waals surface area contributed by atoms with Gasteiger partial charge in [-0.3, -0.25) is 0 Å². The van der Waals surface area contributed by atoms with E-state index in [-0.39, 0.29) is 11.4 Å². The molecule has 1 aromatic carbocycles. The first-order valence-electron chi connectivity index (χ1n) is 5.59. The van der Waals surface area contributed by atoms with Crippen molar-refractivity contribution in [2.45, 2.75) is 38.1 Å². The average molecular weight is 287 g/mol. The SMILES string of the molecule is CCC1(Nc2cc(Br)c(F)cc2N)CCC1. The van der Waals surface area contributed by atoms with E-state index < -0.39 is 0 Å². The highest BCUT2D eigenvalue weighted by atomic mass is 79.9. The fourth-order valence-corrected chi connectivity index (χ4v) is 2.47. The van der Waals surface area contributed by atoms with E-state index in [1.54, 1.807) is 6.07 Å². The van der Waals surface area contributed by atoms with E-state index in [0.717, 1.165) is 24.9 Å². The van der Waals surface area contributed by atoms with Gasteiger partial charge in [-0.1, -0.05) is 6.92 Å². The largest absolute Gasteiger partial charge is 0.397 e. The lowest BCUT2D eigenvalue weighted by atomic mass is 9.74. The highest BCUT2D eigenvalue weighted by molar-refractivity contribution is 9.10. The van der Waals surface area contributed by atoms with Crippen LogP contribution in [0.1, 0.15) is 32.6 Å². The van der Waals surface area contributed by atoms with E-state index in [2.05, 4.69) is 28.2 Å². The predicted molar refractivity (Wildman–Crippen MR) is 69.0 cm³/mol. The molecule has 1 fully saturated rings. The Hall–Kier alpha value is -0.770. The van der Waals surface area contributed by atoms with Crippen LogP contribution in [0, 0.1) is 5.82 Å². The second-order valence-electron chi connectivity index (χ2n) is 4.47. The van der Waals surface area contributed by atoms with Crippen LogP contribution in [0.2, 0.25) is 0 Å². The summed E-state index contributed by atoms with van der Waals surface area (Å²) >= 11 is 3.18. The average Bonchev–Trinajstić information content (AvgIpc) is 2.19. The van der Waals surface area contributed by atoms with E-state index in [1.165, 1.54) is 12.5 Å². The van der Waals surface area contributed by atoms with Gasteiger partial charge in [0.1, 0.15) is 5.82 Å². The molecule has 1 saturated carbocycles. The van der Waals surface area contributed by atoms with Crippen LogP contribution in [0.25, 0.3) is 0 Å². The summed E-state index contributed by atoms with van der Waals surface area (Å²) in [5, 5.41) is 3.46. The first kappa shape index (κ1) is 11.7. The summed E-state index contributed by atoms with van der Waals surface area (Å²) < 4.78 is 13.7. The van der Waals surface area contributed by atoms with Gasteiger partial charge in [-0.2, -0.15) is 0 Å². The fourth-order valence-electron chi connectivity index (χ4n) is 2.13. The third-order valence-corrected chi connectivity index (χ3v) is 4.09. The monoisotopic (exact) mass is 286 g/mol. The highest BCUT2D eigenvalue weighted by Gasteiger charge is 2.35. The Labute approximate surface area is 104 Å². The second kappa shape index (κ2) is 4.24. The van der Waals surface area contributed by atoms with Crippen molar-refractivity contribution in [2.24, 2.45) is 0 Å². The van der Waals surface area contributed by atoms with Crippen molar-refractivity contribution in [3.63, 3.8) is 0 Å². The molecule has 0 radical (unpaired) electrons. The summed E-state index contributed by atoms with van der Waals surface area (Å²) in [6, 6.07) is 3.08. The quantitative estimate of drug-likeness (QED) is 0.827. The van der Waals surface area contributed by atoms with Gasteiger partial charge in [0.25, 0.3) is 0 Å². The molecule has 0 spiro atoms. The Balaban J connectivity index is 2.24. The summed E-state index contributed by atoms with van der Waals surface area (Å²) in [6.07, 6.45) is 4.65. The maximum absolute atomic E-state index is 13.2. The zero-order valence-electron chi connectivity index (χ0n) is 9.32. The molecule has 0 aliphatic heterocycles. The smallest absolute Gasteiger partial charge is 0.139 e. The topological polar surface area (TPSA) is 38.0 Å². The number of nitrogens with two attached hydrogens (primary N) is 1. The minimum absolute atomic E-state index is 0.172. The maximum atomic E-state index is 13.2. The van der Waals surface area contributed by atoms with Crippen LogP contribution >= 0.6 is 15.9 Å². The lowest BCUT2D eigenvalue weighted by Crippen LogP contribution is -2.44. The Kier molecular flexibility index (Phi) is 3.10. The zero-order valence-corrected chi connectivity index (χ0v) is 10.9. The van der Waals surface area contributed by atoms with Crippen molar-refractivity contribution >= 4 is 27.3 Å². The molecular formula is C12H16BrFN2. The third kappa shape index (κ3) is 2.03. The van der Waals surface area contributed by atoms with Gasteiger partial charge in [0.2, 0.25) is 0 Å². The van der Waals surface area contributed by atoms with Crippen LogP contribution in [0.4, 0.5) is 15.8 Å². The zero-order chi connectivity index (χ0) is 11.8. The molecule has 0 atom stereocenters. The minimum atomic E-state index is -0.317. The van der Waals surface area contributed by atoms with Crippen LogP contribution in [0.15, 0.2) is 16.6 Å². The molecule has 1 aromatic rings. The van der Waals surface area contributed by atoms with Crippen LogP contribution in [-0.2, 0) is 0 Å². The van der Waals surface area contributed by atoms with Gasteiger partial charge < -0.3 is 11.1 Å². The lowest BCUT2D eigenvalue weighted by molar-refractivity contribution is 0.269. The van der Waals surface area contributed by atoms with E-state index in [0.29, 0.717) is 10.2 Å². The minimum Gasteiger partial charge on any atom is -0.397 e. The number of nitrogens with one attached hydrogen (secondary N) is 1. The summed E-state index contributed by atoms with van der Waals surface area (Å²) in [7, 11) is 0. The van der Waals surface area contributed by atoms with Crippen LogP contribution < -0.4 is 11.1 Å². The number of rotatable bonds is 3. The predicted octanol–water partition coefficient (Wildman–Crippen LogP) is 3.92. The van der Waals surface area contributed by atoms with Gasteiger partial charge in [-0.15, -0.1) is 0 Å².